The lowest BCUT2D eigenvalue weighted by molar-refractivity contribution is 0.182. The maximum Gasteiger partial charge on any atom is 0.350 e. The van der Waals surface area contributed by atoms with Crippen LogP contribution in [0.1, 0.15) is 6.42 Å². The number of rotatable bonds is 5. The molecule has 122 valence electrons. The van der Waals surface area contributed by atoms with Crippen molar-refractivity contribution in [3.8, 4) is 0 Å². The summed E-state index contributed by atoms with van der Waals surface area (Å²) in [6.45, 7) is 0.426. The first-order valence-corrected chi connectivity index (χ1v) is 8.12. The van der Waals surface area contributed by atoms with Gasteiger partial charge in [-0.25, -0.2) is 9.18 Å². The average molecular weight is 389 g/mol. The van der Waals surface area contributed by atoms with Gasteiger partial charge in [-0.15, -0.1) is 0 Å². The van der Waals surface area contributed by atoms with E-state index in [0.717, 1.165) is 16.4 Å². The highest BCUT2D eigenvalue weighted by molar-refractivity contribution is 8.03. The van der Waals surface area contributed by atoms with Gasteiger partial charge in [-0.05, 0) is 24.3 Å². The Bertz CT molecular complexity index is 529. The zero-order valence-electron chi connectivity index (χ0n) is 11.4. The van der Waals surface area contributed by atoms with Crippen molar-refractivity contribution in [2.24, 2.45) is 0 Å². The molecule has 1 aliphatic rings. The first-order valence-electron chi connectivity index (χ1n) is 6.21. The van der Waals surface area contributed by atoms with Gasteiger partial charge in [0.15, 0.2) is 0 Å². The molecule has 2 amide bonds. The Hall–Kier alpha value is -0.440. The van der Waals surface area contributed by atoms with Crippen molar-refractivity contribution < 1.29 is 13.9 Å². The molecule has 0 radical (unpaired) electrons. The lowest BCUT2D eigenvalue weighted by atomic mass is 10.2. The largest absolute Gasteiger partial charge is 0.385 e. The average Bonchev–Trinajstić information content (AvgIpc) is 2.72. The number of urea groups is 1. The number of carbonyl (C=O) groups is 1. The van der Waals surface area contributed by atoms with E-state index in [2.05, 4.69) is 5.43 Å². The normalized spacial score (nSPS) is 19.1. The minimum absolute atomic E-state index is 0.385. The van der Waals surface area contributed by atoms with Crippen LogP contribution in [0.15, 0.2) is 24.3 Å². The highest BCUT2D eigenvalue weighted by Crippen LogP contribution is 2.42. The van der Waals surface area contributed by atoms with Crippen molar-refractivity contribution in [3.05, 3.63) is 30.1 Å². The number of hydrazine groups is 1. The SMILES string of the molecule is COCCC1NN(SC(Cl)(Cl)Cl)C(=O)N1c1ccc(F)cc1. The molecular formula is C12H13Cl3FN3O2S. The number of methoxy groups -OCH3 is 1. The molecule has 2 rings (SSSR count). The summed E-state index contributed by atoms with van der Waals surface area (Å²) in [5.41, 5.74) is 3.48. The van der Waals surface area contributed by atoms with Crippen LogP contribution in [0.4, 0.5) is 14.9 Å². The second-order valence-corrected chi connectivity index (χ2v) is 8.50. The molecule has 1 heterocycles. The van der Waals surface area contributed by atoms with Gasteiger partial charge in [0.1, 0.15) is 12.0 Å². The predicted molar refractivity (Wildman–Crippen MR) is 87.4 cm³/mol. The van der Waals surface area contributed by atoms with E-state index in [4.69, 9.17) is 39.5 Å². The van der Waals surface area contributed by atoms with Gasteiger partial charge in [0.05, 0.1) is 0 Å². The predicted octanol–water partition coefficient (Wildman–Crippen LogP) is 3.91. The van der Waals surface area contributed by atoms with Crippen LogP contribution in [0.3, 0.4) is 0 Å². The summed E-state index contributed by atoms with van der Waals surface area (Å²) in [6.07, 6.45) is 0.119. The van der Waals surface area contributed by atoms with E-state index in [9.17, 15) is 9.18 Å². The van der Waals surface area contributed by atoms with Gasteiger partial charge in [0.25, 0.3) is 3.12 Å². The minimum Gasteiger partial charge on any atom is -0.385 e. The molecule has 1 N–H and O–H groups in total. The summed E-state index contributed by atoms with van der Waals surface area (Å²) in [5.74, 6) is -0.385. The van der Waals surface area contributed by atoms with E-state index in [1.165, 1.54) is 29.2 Å². The van der Waals surface area contributed by atoms with Crippen LogP contribution < -0.4 is 10.3 Å². The van der Waals surface area contributed by atoms with Crippen LogP contribution in [0.5, 0.6) is 0 Å². The zero-order chi connectivity index (χ0) is 16.3. The number of ether oxygens (including phenoxy) is 1. The summed E-state index contributed by atoms with van der Waals surface area (Å²) in [4.78, 5) is 14.0. The number of anilines is 1. The van der Waals surface area contributed by atoms with Crippen LogP contribution in [0, 0.1) is 5.82 Å². The van der Waals surface area contributed by atoms with Crippen molar-refractivity contribution in [2.75, 3.05) is 18.6 Å². The molecular weight excluding hydrogens is 376 g/mol. The third-order valence-corrected chi connectivity index (χ3v) is 4.13. The maximum atomic E-state index is 13.1. The quantitative estimate of drug-likeness (QED) is 0.613. The van der Waals surface area contributed by atoms with Crippen LogP contribution in [-0.2, 0) is 4.74 Å². The van der Waals surface area contributed by atoms with Crippen molar-refractivity contribution in [2.45, 2.75) is 15.7 Å². The molecule has 1 aliphatic heterocycles. The van der Waals surface area contributed by atoms with Crippen molar-refractivity contribution in [1.29, 1.82) is 0 Å². The molecule has 0 saturated carbocycles. The summed E-state index contributed by atoms with van der Waals surface area (Å²) in [5, 5.41) is 0. The second kappa shape index (κ2) is 7.42. The molecule has 1 unspecified atom stereocenters. The molecule has 1 atom stereocenters. The topological polar surface area (TPSA) is 44.8 Å². The summed E-state index contributed by atoms with van der Waals surface area (Å²) in [6, 6.07) is 5.17. The lowest BCUT2D eigenvalue weighted by Gasteiger charge is -2.21. The Morgan fingerprint density at radius 1 is 1.36 bits per heavy atom. The molecule has 0 bridgehead atoms. The van der Waals surface area contributed by atoms with Gasteiger partial charge in [-0.3, -0.25) is 4.90 Å². The number of halogens is 4. The standard InChI is InChI=1S/C12H13Cl3FN3O2S/c1-21-7-6-10-17-19(22-12(13,14)15)11(20)18(10)9-4-2-8(16)3-5-9/h2-5,10,17H,6-7H2,1H3. The van der Waals surface area contributed by atoms with Gasteiger partial charge in [0, 0.05) is 37.8 Å². The highest BCUT2D eigenvalue weighted by Gasteiger charge is 2.41. The van der Waals surface area contributed by atoms with Crippen molar-refractivity contribution >= 4 is 58.5 Å². The van der Waals surface area contributed by atoms with Crippen molar-refractivity contribution in [3.63, 3.8) is 0 Å². The smallest absolute Gasteiger partial charge is 0.350 e. The fraction of sp³-hybridized carbons (Fsp3) is 0.417. The number of amides is 2. The van der Waals surface area contributed by atoms with Crippen LogP contribution in [0.25, 0.3) is 0 Å². The van der Waals surface area contributed by atoms with Gasteiger partial charge in [-0.2, -0.15) is 9.84 Å². The number of nitrogens with zero attached hydrogens (tertiary/aromatic N) is 2. The van der Waals surface area contributed by atoms with Crippen LogP contribution in [0.2, 0.25) is 0 Å². The van der Waals surface area contributed by atoms with E-state index in [0.29, 0.717) is 18.7 Å². The lowest BCUT2D eigenvalue weighted by Crippen LogP contribution is -2.38. The summed E-state index contributed by atoms with van der Waals surface area (Å²) >= 11 is 17.9. The number of benzene rings is 1. The number of alkyl halides is 3. The molecule has 0 aromatic heterocycles. The first-order chi connectivity index (χ1) is 10.3. The molecule has 1 aromatic carbocycles. The Balaban J connectivity index is 2.22. The van der Waals surface area contributed by atoms with Crippen LogP contribution >= 0.6 is 46.8 Å². The number of carbonyl (C=O) groups excluding carboxylic acids is 1. The molecule has 0 spiro atoms. The fourth-order valence-corrected chi connectivity index (χ4v) is 3.13. The van der Waals surface area contributed by atoms with Gasteiger partial charge in [-0.1, -0.05) is 34.8 Å². The van der Waals surface area contributed by atoms with Gasteiger partial charge >= 0.3 is 6.03 Å². The Morgan fingerprint density at radius 2 is 2.00 bits per heavy atom. The number of nitrogens with one attached hydrogen (secondary N) is 1. The second-order valence-electron chi connectivity index (χ2n) is 4.39. The van der Waals surface area contributed by atoms with E-state index >= 15 is 0 Å². The highest BCUT2D eigenvalue weighted by atomic mass is 35.6. The Kier molecular flexibility index (Phi) is 6.04. The van der Waals surface area contributed by atoms with E-state index in [1.54, 1.807) is 7.11 Å². The van der Waals surface area contributed by atoms with E-state index in [1.807, 2.05) is 0 Å². The fourth-order valence-electron chi connectivity index (χ4n) is 1.96. The Morgan fingerprint density at radius 3 is 2.55 bits per heavy atom. The molecule has 1 aromatic rings. The zero-order valence-corrected chi connectivity index (χ0v) is 14.5. The third-order valence-electron chi connectivity index (χ3n) is 2.85. The first kappa shape index (κ1) is 17.9. The van der Waals surface area contributed by atoms with Crippen LogP contribution in [-0.4, -0.2) is 33.5 Å². The molecule has 10 heteroatoms. The summed E-state index contributed by atoms with van der Waals surface area (Å²) in [7, 11) is 1.56. The molecule has 1 saturated heterocycles. The van der Waals surface area contributed by atoms with E-state index < -0.39 is 15.3 Å². The number of hydrogen-bond acceptors (Lipinski definition) is 4. The van der Waals surface area contributed by atoms with Gasteiger partial charge in [0.2, 0.25) is 0 Å². The summed E-state index contributed by atoms with van der Waals surface area (Å²) < 4.78 is 17.6. The Labute approximate surface area is 146 Å². The molecule has 5 nitrogen and oxygen atoms in total. The maximum absolute atomic E-state index is 13.1. The molecule has 1 fully saturated rings. The molecule has 0 aliphatic carbocycles. The van der Waals surface area contributed by atoms with Gasteiger partial charge < -0.3 is 4.74 Å². The monoisotopic (exact) mass is 387 g/mol. The van der Waals surface area contributed by atoms with E-state index in [-0.39, 0.29) is 5.82 Å². The number of hydrogen-bond donors (Lipinski definition) is 1. The minimum atomic E-state index is -1.69. The van der Waals surface area contributed by atoms with Crippen molar-refractivity contribution in [1.82, 2.24) is 9.84 Å². The third kappa shape index (κ3) is 4.53. The molecule has 22 heavy (non-hydrogen) atoms.